The molecule has 0 amide bonds. The molecule has 0 radical (unpaired) electrons. The number of anilines is 1. The maximum atomic E-state index is 13.6. The molecule has 0 saturated carbocycles. The van der Waals surface area contributed by atoms with Crippen LogP contribution in [0.2, 0.25) is 5.02 Å². The highest BCUT2D eigenvalue weighted by Gasteiger charge is 2.40. The van der Waals surface area contributed by atoms with E-state index >= 15 is 0 Å². The van der Waals surface area contributed by atoms with Gasteiger partial charge in [0.05, 0.1) is 26.9 Å². The summed E-state index contributed by atoms with van der Waals surface area (Å²) in [5.74, 6) is 1.55. The smallest absolute Gasteiger partial charge is 0.270 e. The Kier molecular flexibility index (Phi) is 5.61. The molecule has 1 aliphatic heterocycles. The molecule has 3 N–H and O–H groups in total. The first-order valence-electron chi connectivity index (χ1n) is 10.8. The molecule has 0 spiro atoms. The monoisotopic (exact) mass is 481 g/mol. The Morgan fingerprint density at radius 2 is 1.56 bits per heavy atom. The number of benzene rings is 2. The maximum Gasteiger partial charge on any atom is 0.270 e. The number of rotatable bonds is 5. The molecule has 0 bridgehead atoms. The van der Waals surface area contributed by atoms with E-state index in [1.807, 2.05) is 24.3 Å². The van der Waals surface area contributed by atoms with Gasteiger partial charge < -0.3 is 19.5 Å². The Hall–Kier alpha value is -3.65. The summed E-state index contributed by atoms with van der Waals surface area (Å²) < 4.78 is 16.4. The van der Waals surface area contributed by atoms with Crippen LogP contribution in [0.25, 0.3) is 0 Å². The van der Waals surface area contributed by atoms with E-state index in [2.05, 4.69) is 15.5 Å². The molecule has 1 aliphatic carbocycles. The lowest BCUT2D eigenvalue weighted by molar-refractivity contribution is -0.116. The van der Waals surface area contributed by atoms with Gasteiger partial charge in [-0.05, 0) is 47.7 Å². The average molecular weight is 482 g/mol. The predicted octanol–water partition coefficient (Wildman–Crippen LogP) is 4.34. The zero-order valence-electron chi connectivity index (χ0n) is 19.0. The molecule has 34 heavy (non-hydrogen) atoms. The fraction of sp³-hybridized carbons (Fsp3) is 0.280. The van der Waals surface area contributed by atoms with Gasteiger partial charge in [-0.15, -0.1) is 0 Å². The first kappa shape index (κ1) is 22.2. The number of methoxy groups -OCH3 is 3. The van der Waals surface area contributed by atoms with Gasteiger partial charge in [0, 0.05) is 28.6 Å². The summed E-state index contributed by atoms with van der Waals surface area (Å²) in [5.41, 5.74) is 3.40. The summed E-state index contributed by atoms with van der Waals surface area (Å²) in [6.07, 6.45) is 0.872. The number of fused-ring (bicyclic) bond motifs is 1. The number of carbonyl (C=O) groups excluding carboxylic acids is 1. The SMILES string of the molecule is COc1cc([C@@H]2CC(=O)C3=C(C2)Nc2[nH][nH]c(=O)c2[C@H]3c2ccc(Cl)cc2)cc(OC)c1OC. The van der Waals surface area contributed by atoms with Crippen molar-refractivity contribution in [2.24, 2.45) is 0 Å². The topological polar surface area (TPSA) is 105 Å². The Morgan fingerprint density at radius 3 is 2.18 bits per heavy atom. The summed E-state index contributed by atoms with van der Waals surface area (Å²) in [6.45, 7) is 0. The van der Waals surface area contributed by atoms with E-state index in [0.29, 0.717) is 52.1 Å². The third-order valence-corrected chi connectivity index (χ3v) is 6.79. The van der Waals surface area contributed by atoms with Gasteiger partial charge in [-0.1, -0.05) is 23.7 Å². The number of ether oxygens (including phenoxy) is 3. The number of Topliss-reactive ketones (excluding diaryl/α,β-unsaturated/α-hetero) is 1. The molecule has 2 atom stereocenters. The molecule has 176 valence electrons. The van der Waals surface area contributed by atoms with E-state index in [0.717, 1.165) is 16.8 Å². The largest absolute Gasteiger partial charge is 0.493 e. The van der Waals surface area contributed by atoms with Gasteiger partial charge in [-0.25, -0.2) is 0 Å². The van der Waals surface area contributed by atoms with Crippen LogP contribution in [-0.2, 0) is 4.79 Å². The lowest BCUT2D eigenvalue weighted by atomic mass is 9.73. The molecule has 1 aromatic heterocycles. The minimum absolute atomic E-state index is 0.0151. The molecule has 0 fully saturated rings. The van der Waals surface area contributed by atoms with E-state index in [1.165, 1.54) is 0 Å². The fourth-order valence-corrected chi connectivity index (χ4v) is 5.11. The standard InChI is InChI=1S/C25H24ClN3O5/c1-32-18-10-14(11-19(33-2)23(18)34-3)13-8-16-21(17(30)9-13)20(12-4-6-15(26)7-5-12)22-24(27-16)28-29-25(22)31/h4-7,10-11,13,20H,8-9H2,1-3H3,(H3,27,28,29,31)/t13-,20-/m0/s1. The number of carbonyl (C=O) groups is 1. The van der Waals surface area contributed by atoms with Gasteiger partial charge in [0.1, 0.15) is 5.82 Å². The number of ketones is 1. The van der Waals surface area contributed by atoms with E-state index in [1.54, 1.807) is 33.5 Å². The van der Waals surface area contributed by atoms with Crippen LogP contribution in [0.3, 0.4) is 0 Å². The van der Waals surface area contributed by atoms with E-state index < -0.39 is 5.92 Å². The van der Waals surface area contributed by atoms with Gasteiger partial charge in [-0.3, -0.25) is 19.8 Å². The van der Waals surface area contributed by atoms with Crippen molar-refractivity contribution >= 4 is 23.2 Å². The van der Waals surface area contributed by atoms with Crippen LogP contribution in [0.5, 0.6) is 17.2 Å². The third kappa shape index (κ3) is 3.54. The van der Waals surface area contributed by atoms with Gasteiger partial charge in [0.2, 0.25) is 5.75 Å². The van der Waals surface area contributed by atoms with E-state index in [4.69, 9.17) is 25.8 Å². The van der Waals surface area contributed by atoms with Crippen molar-refractivity contribution in [3.63, 3.8) is 0 Å². The predicted molar refractivity (Wildman–Crippen MR) is 128 cm³/mol. The molecule has 5 rings (SSSR count). The first-order chi connectivity index (χ1) is 16.4. The third-order valence-electron chi connectivity index (χ3n) is 6.54. The zero-order chi connectivity index (χ0) is 24.0. The number of nitrogens with one attached hydrogen (secondary N) is 3. The second-order valence-electron chi connectivity index (χ2n) is 8.36. The number of H-pyrrole nitrogens is 2. The van der Waals surface area contributed by atoms with Gasteiger partial charge in [0.25, 0.3) is 5.56 Å². The first-order valence-corrected chi connectivity index (χ1v) is 11.2. The molecule has 0 saturated heterocycles. The van der Waals surface area contributed by atoms with Gasteiger partial charge in [-0.2, -0.15) is 0 Å². The molecule has 2 aliphatic rings. The highest BCUT2D eigenvalue weighted by atomic mass is 35.5. The number of allylic oxidation sites excluding steroid dienone is 2. The normalized spacial score (nSPS) is 19.2. The van der Waals surface area contributed by atoms with Crippen molar-refractivity contribution in [3.05, 3.63) is 79.7 Å². The number of aromatic nitrogens is 2. The number of halogens is 1. The van der Waals surface area contributed by atoms with Crippen LogP contribution in [0, 0.1) is 0 Å². The van der Waals surface area contributed by atoms with E-state index in [9.17, 15) is 9.59 Å². The minimum atomic E-state index is -0.480. The zero-order valence-corrected chi connectivity index (χ0v) is 19.7. The van der Waals surface area contributed by atoms with E-state index in [-0.39, 0.29) is 17.3 Å². The molecule has 0 unspecified atom stereocenters. The summed E-state index contributed by atoms with van der Waals surface area (Å²) in [4.78, 5) is 26.3. The molecule has 3 aromatic rings. The van der Waals surface area contributed by atoms with Crippen LogP contribution in [0.15, 0.2) is 52.5 Å². The van der Waals surface area contributed by atoms with Crippen molar-refractivity contribution in [1.29, 1.82) is 0 Å². The summed E-state index contributed by atoms with van der Waals surface area (Å²) in [7, 11) is 4.69. The molecular weight excluding hydrogens is 458 g/mol. The molecule has 8 nitrogen and oxygen atoms in total. The van der Waals surface area contributed by atoms with Crippen LogP contribution in [0.1, 0.15) is 41.4 Å². The van der Waals surface area contributed by atoms with Crippen molar-refractivity contribution in [2.45, 2.75) is 24.7 Å². The summed E-state index contributed by atoms with van der Waals surface area (Å²) in [5, 5.41) is 9.45. The highest BCUT2D eigenvalue weighted by molar-refractivity contribution is 6.30. The lowest BCUT2D eigenvalue weighted by Gasteiger charge is -2.34. The second kappa shape index (κ2) is 8.61. The highest BCUT2D eigenvalue weighted by Crippen LogP contribution is 2.48. The number of aromatic amines is 2. The van der Waals surface area contributed by atoms with Crippen molar-refractivity contribution < 1.29 is 19.0 Å². The summed E-state index contributed by atoms with van der Waals surface area (Å²) in [6, 6.07) is 11.0. The number of hydrogen-bond donors (Lipinski definition) is 3. The Bertz CT molecular complexity index is 1330. The minimum Gasteiger partial charge on any atom is -0.493 e. The van der Waals surface area contributed by atoms with Crippen LogP contribution in [-0.4, -0.2) is 37.3 Å². The van der Waals surface area contributed by atoms with Crippen molar-refractivity contribution in [3.8, 4) is 17.2 Å². The Labute approximate surface area is 200 Å². The lowest BCUT2D eigenvalue weighted by Crippen LogP contribution is -2.31. The van der Waals surface area contributed by atoms with Crippen LogP contribution in [0.4, 0.5) is 5.82 Å². The quantitative estimate of drug-likeness (QED) is 0.500. The van der Waals surface area contributed by atoms with Crippen LogP contribution >= 0.6 is 11.6 Å². The average Bonchev–Trinajstić information content (AvgIpc) is 3.22. The second-order valence-corrected chi connectivity index (χ2v) is 8.79. The molecule has 2 heterocycles. The molecular formula is C25H24ClN3O5. The molecule has 2 aromatic carbocycles. The Balaban J connectivity index is 1.59. The van der Waals surface area contributed by atoms with Gasteiger partial charge in [0.15, 0.2) is 17.3 Å². The number of hydrogen-bond acceptors (Lipinski definition) is 6. The van der Waals surface area contributed by atoms with Crippen molar-refractivity contribution in [1.82, 2.24) is 10.2 Å². The van der Waals surface area contributed by atoms with Crippen LogP contribution < -0.4 is 25.1 Å². The van der Waals surface area contributed by atoms with Crippen molar-refractivity contribution in [2.75, 3.05) is 26.6 Å². The maximum absolute atomic E-state index is 13.6. The Morgan fingerprint density at radius 1 is 0.882 bits per heavy atom. The van der Waals surface area contributed by atoms with Gasteiger partial charge >= 0.3 is 0 Å². The molecule has 9 heteroatoms. The fourth-order valence-electron chi connectivity index (χ4n) is 4.98. The summed E-state index contributed by atoms with van der Waals surface area (Å²) >= 11 is 6.09.